The number of amides is 1. The predicted molar refractivity (Wildman–Crippen MR) is 120 cm³/mol. The molecule has 0 aliphatic carbocycles. The first-order chi connectivity index (χ1) is 14.8. The molecule has 0 radical (unpaired) electrons. The molecule has 1 fully saturated rings. The summed E-state index contributed by atoms with van der Waals surface area (Å²) in [6.07, 6.45) is 0.377. The van der Waals surface area contributed by atoms with E-state index in [-0.39, 0.29) is 11.9 Å². The summed E-state index contributed by atoms with van der Waals surface area (Å²) in [7, 11) is 0. The Hall–Kier alpha value is -2.95. The van der Waals surface area contributed by atoms with Crippen LogP contribution < -0.4 is 5.32 Å². The van der Waals surface area contributed by atoms with Gasteiger partial charge in [-0.3, -0.25) is 9.69 Å². The van der Waals surface area contributed by atoms with Crippen molar-refractivity contribution in [2.75, 3.05) is 32.8 Å². The molecule has 0 spiro atoms. The molecule has 1 heterocycles. The average Bonchev–Trinajstić information content (AvgIpc) is 2.81. The van der Waals surface area contributed by atoms with Gasteiger partial charge in [0, 0.05) is 19.6 Å². The molecule has 4 rings (SSSR count). The fourth-order valence-corrected chi connectivity index (χ4v) is 3.84. The van der Waals surface area contributed by atoms with Gasteiger partial charge >= 0.3 is 0 Å². The molecule has 30 heavy (non-hydrogen) atoms. The molecule has 1 aliphatic rings. The van der Waals surface area contributed by atoms with Crippen molar-refractivity contribution in [3.8, 4) is 11.1 Å². The lowest BCUT2D eigenvalue weighted by atomic mass is 10.0. The lowest BCUT2D eigenvalue weighted by molar-refractivity contribution is -0.121. The second-order valence-corrected chi connectivity index (χ2v) is 7.68. The Morgan fingerprint density at radius 1 is 0.833 bits per heavy atom. The maximum atomic E-state index is 12.8. The molecule has 1 atom stereocenters. The van der Waals surface area contributed by atoms with E-state index in [0.717, 1.165) is 49.5 Å². The summed E-state index contributed by atoms with van der Waals surface area (Å²) < 4.78 is 5.46. The lowest BCUT2D eigenvalue weighted by Crippen LogP contribution is -2.43. The molecular formula is C26H28N2O2. The van der Waals surface area contributed by atoms with Gasteiger partial charge in [-0.25, -0.2) is 0 Å². The first-order valence-corrected chi connectivity index (χ1v) is 10.6. The summed E-state index contributed by atoms with van der Waals surface area (Å²) in [5.41, 5.74) is 4.50. The van der Waals surface area contributed by atoms with Gasteiger partial charge in [-0.05, 0) is 22.3 Å². The van der Waals surface area contributed by atoms with Crippen LogP contribution in [0.2, 0.25) is 0 Å². The van der Waals surface area contributed by atoms with Crippen molar-refractivity contribution in [2.24, 2.45) is 0 Å². The topological polar surface area (TPSA) is 41.6 Å². The third-order valence-corrected chi connectivity index (χ3v) is 5.51. The smallest absolute Gasteiger partial charge is 0.224 e. The molecular weight excluding hydrogens is 372 g/mol. The molecule has 3 aromatic carbocycles. The monoisotopic (exact) mass is 400 g/mol. The Morgan fingerprint density at radius 3 is 2.10 bits per heavy atom. The summed E-state index contributed by atoms with van der Waals surface area (Å²) in [6, 6.07) is 28.7. The second kappa shape index (κ2) is 10.2. The Balaban J connectivity index is 1.40. The van der Waals surface area contributed by atoms with E-state index in [1.807, 2.05) is 48.5 Å². The standard InChI is InChI=1S/C26H28N2O2/c29-26(19-21-11-13-23(14-12-21)22-7-3-1-4-8-22)27-25(24-9-5-2-6-10-24)20-28-15-17-30-18-16-28/h1-14,25H,15-20H2,(H,27,29). The van der Waals surface area contributed by atoms with Crippen LogP contribution in [-0.2, 0) is 16.0 Å². The maximum Gasteiger partial charge on any atom is 0.224 e. The summed E-state index contributed by atoms with van der Waals surface area (Å²) in [4.78, 5) is 15.2. The Bertz CT molecular complexity index is 920. The Labute approximate surface area is 178 Å². The van der Waals surface area contributed by atoms with E-state index in [4.69, 9.17) is 4.74 Å². The van der Waals surface area contributed by atoms with Gasteiger partial charge in [-0.2, -0.15) is 0 Å². The Morgan fingerprint density at radius 2 is 1.43 bits per heavy atom. The minimum Gasteiger partial charge on any atom is -0.379 e. The fraction of sp³-hybridized carbons (Fsp3) is 0.269. The summed E-state index contributed by atoms with van der Waals surface area (Å²) in [5.74, 6) is 0.0459. The van der Waals surface area contributed by atoms with Gasteiger partial charge < -0.3 is 10.1 Å². The van der Waals surface area contributed by atoms with Gasteiger partial charge in [0.05, 0.1) is 25.7 Å². The number of ether oxygens (including phenoxy) is 1. The average molecular weight is 401 g/mol. The van der Waals surface area contributed by atoms with E-state index in [1.54, 1.807) is 0 Å². The molecule has 3 aromatic rings. The van der Waals surface area contributed by atoms with Crippen molar-refractivity contribution in [3.05, 3.63) is 96.1 Å². The van der Waals surface area contributed by atoms with E-state index < -0.39 is 0 Å². The number of morpholine rings is 1. The molecule has 0 aromatic heterocycles. The van der Waals surface area contributed by atoms with Crippen molar-refractivity contribution in [2.45, 2.75) is 12.5 Å². The highest BCUT2D eigenvalue weighted by atomic mass is 16.5. The van der Waals surface area contributed by atoms with Crippen LogP contribution in [0.15, 0.2) is 84.9 Å². The van der Waals surface area contributed by atoms with Crippen LogP contribution in [0.1, 0.15) is 17.2 Å². The number of carbonyl (C=O) groups is 1. The zero-order valence-electron chi connectivity index (χ0n) is 17.2. The first-order valence-electron chi connectivity index (χ1n) is 10.6. The molecule has 1 unspecified atom stereocenters. The quantitative estimate of drug-likeness (QED) is 0.650. The van der Waals surface area contributed by atoms with Crippen molar-refractivity contribution < 1.29 is 9.53 Å². The number of rotatable bonds is 7. The molecule has 1 saturated heterocycles. The molecule has 154 valence electrons. The molecule has 1 amide bonds. The van der Waals surface area contributed by atoms with E-state index in [2.05, 4.69) is 46.6 Å². The van der Waals surface area contributed by atoms with Crippen LogP contribution in [0.25, 0.3) is 11.1 Å². The highest BCUT2D eigenvalue weighted by molar-refractivity contribution is 5.79. The maximum absolute atomic E-state index is 12.8. The predicted octanol–water partition coefficient (Wildman–Crippen LogP) is 4.09. The molecule has 0 saturated carbocycles. The minimum atomic E-state index is -0.0274. The molecule has 1 aliphatic heterocycles. The largest absolute Gasteiger partial charge is 0.379 e. The SMILES string of the molecule is O=C(Cc1ccc(-c2ccccc2)cc1)NC(CN1CCOCC1)c1ccccc1. The number of hydrogen-bond donors (Lipinski definition) is 1. The highest BCUT2D eigenvalue weighted by Crippen LogP contribution is 2.20. The summed E-state index contributed by atoms with van der Waals surface area (Å²) in [6.45, 7) is 4.11. The lowest BCUT2D eigenvalue weighted by Gasteiger charge is -2.31. The van der Waals surface area contributed by atoms with Gasteiger partial charge in [0.25, 0.3) is 0 Å². The highest BCUT2D eigenvalue weighted by Gasteiger charge is 2.20. The minimum absolute atomic E-state index is 0.0274. The molecule has 1 N–H and O–H groups in total. The van der Waals surface area contributed by atoms with Crippen molar-refractivity contribution in [1.82, 2.24) is 10.2 Å². The van der Waals surface area contributed by atoms with Crippen molar-refractivity contribution in [1.29, 1.82) is 0 Å². The summed E-state index contributed by atoms with van der Waals surface area (Å²) >= 11 is 0. The second-order valence-electron chi connectivity index (χ2n) is 7.68. The molecule has 0 bridgehead atoms. The van der Waals surface area contributed by atoms with Gasteiger partial charge in [0.2, 0.25) is 5.91 Å². The van der Waals surface area contributed by atoms with Gasteiger partial charge in [0.1, 0.15) is 0 Å². The third-order valence-electron chi connectivity index (χ3n) is 5.51. The summed E-state index contributed by atoms with van der Waals surface area (Å²) in [5, 5.41) is 3.25. The van der Waals surface area contributed by atoms with Gasteiger partial charge in [0.15, 0.2) is 0 Å². The van der Waals surface area contributed by atoms with E-state index in [9.17, 15) is 4.79 Å². The van der Waals surface area contributed by atoms with Crippen LogP contribution in [0, 0.1) is 0 Å². The number of nitrogens with zero attached hydrogens (tertiary/aromatic N) is 1. The third kappa shape index (κ3) is 5.56. The van der Waals surface area contributed by atoms with Crippen LogP contribution >= 0.6 is 0 Å². The van der Waals surface area contributed by atoms with Crippen LogP contribution in [0.3, 0.4) is 0 Å². The fourth-order valence-electron chi connectivity index (χ4n) is 3.84. The number of nitrogens with one attached hydrogen (secondary N) is 1. The van der Waals surface area contributed by atoms with Crippen LogP contribution in [0.4, 0.5) is 0 Å². The zero-order chi connectivity index (χ0) is 20.6. The number of benzene rings is 3. The van der Waals surface area contributed by atoms with Crippen molar-refractivity contribution >= 4 is 5.91 Å². The van der Waals surface area contributed by atoms with E-state index in [1.165, 1.54) is 5.56 Å². The number of hydrogen-bond acceptors (Lipinski definition) is 3. The van der Waals surface area contributed by atoms with Gasteiger partial charge in [-0.1, -0.05) is 84.9 Å². The zero-order valence-corrected chi connectivity index (χ0v) is 17.2. The van der Waals surface area contributed by atoms with E-state index >= 15 is 0 Å². The van der Waals surface area contributed by atoms with Crippen LogP contribution in [-0.4, -0.2) is 43.7 Å². The van der Waals surface area contributed by atoms with Crippen molar-refractivity contribution in [3.63, 3.8) is 0 Å². The van der Waals surface area contributed by atoms with Gasteiger partial charge in [-0.15, -0.1) is 0 Å². The van der Waals surface area contributed by atoms with E-state index in [0.29, 0.717) is 6.42 Å². The number of carbonyl (C=O) groups excluding carboxylic acids is 1. The normalized spacial score (nSPS) is 15.5. The molecule has 4 heteroatoms. The molecule has 4 nitrogen and oxygen atoms in total. The first kappa shape index (κ1) is 20.3. The Kier molecular flexibility index (Phi) is 6.91. The van der Waals surface area contributed by atoms with Crippen LogP contribution in [0.5, 0.6) is 0 Å².